The number of aromatic nitrogens is 4. The molecule has 1 aliphatic rings. The van der Waals surface area contributed by atoms with Crippen LogP contribution in [-0.4, -0.2) is 31.2 Å². The maximum absolute atomic E-state index is 5.79. The minimum absolute atomic E-state index is 0.712. The molecule has 0 saturated heterocycles. The van der Waals surface area contributed by atoms with Crippen LogP contribution in [0.25, 0.3) is 11.5 Å². The minimum Gasteiger partial charge on any atom is -0.441 e. The van der Waals surface area contributed by atoms with E-state index in [1.54, 1.807) is 17.7 Å². The van der Waals surface area contributed by atoms with Crippen LogP contribution in [0.5, 0.6) is 0 Å². The first-order valence-electron chi connectivity index (χ1n) is 6.87. The molecule has 0 bridgehead atoms. The zero-order chi connectivity index (χ0) is 14.2. The summed E-state index contributed by atoms with van der Waals surface area (Å²) in [6.07, 6.45) is 1.62. The molecule has 0 saturated carbocycles. The Bertz CT molecular complexity index is 745. The SMILES string of the molecule is Cc1oc(-c2ccsc2)nc1CN1CCn2ncnc2C1. The average molecular weight is 301 g/mol. The Kier molecular flexibility index (Phi) is 3.08. The maximum Gasteiger partial charge on any atom is 0.227 e. The lowest BCUT2D eigenvalue weighted by atomic mass is 10.3. The first kappa shape index (κ1) is 12.7. The van der Waals surface area contributed by atoms with Crippen molar-refractivity contribution in [3.8, 4) is 11.5 Å². The molecule has 1 aliphatic heterocycles. The van der Waals surface area contributed by atoms with Gasteiger partial charge in [-0.15, -0.1) is 0 Å². The molecule has 0 N–H and O–H groups in total. The highest BCUT2D eigenvalue weighted by Crippen LogP contribution is 2.25. The van der Waals surface area contributed by atoms with Crippen molar-refractivity contribution in [2.24, 2.45) is 0 Å². The van der Waals surface area contributed by atoms with E-state index in [4.69, 9.17) is 4.42 Å². The van der Waals surface area contributed by atoms with Crippen LogP contribution in [0, 0.1) is 6.92 Å². The van der Waals surface area contributed by atoms with E-state index in [2.05, 4.69) is 25.3 Å². The third-order valence-corrected chi connectivity index (χ3v) is 4.41. The van der Waals surface area contributed by atoms with Gasteiger partial charge in [-0.05, 0) is 18.4 Å². The number of fused-ring (bicyclic) bond motifs is 1. The molecule has 0 radical (unpaired) electrons. The van der Waals surface area contributed by atoms with Crippen molar-refractivity contribution in [1.82, 2.24) is 24.6 Å². The van der Waals surface area contributed by atoms with Crippen LogP contribution >= 0.6 is 11.3 Å². The number of oxazole rings is 1. The Morgan fingerprint density at radius 3 is 3.19 bits per heavy atom. The fraction of sp³-hybridized carbons (Fsp3) is 0.357. The third-order valence-electron chi connectivity index (χ3n) is 3.72. The molecule has 0 spiro atoms. The van der Waals surface area contributed by atoms with Crippen LogP contribution in [0.2, 0.25) is 0 Å². The van der Waals surface area contributed by atoms with Crippen molar-refractivity contribution >= 4 is 11.3 Å². The summed E-state index contributed by atoms with van der Waals surface area (Å²) in [5, 5.41) is 8.29. The van der Waals surface area contributed by atoms with Gasteiger partial charge in [0.1, 0.15) is 17.9 Å². The van der Waals surface area contributed by atoms with Crippen LogP contribution in [-0.2, 0) is 19.6 Å². The van der Waals surface area contributed by atoms with E-state index >= 15 is 0 Å². The average Bonchev–Trinajstić information content (AvgIpc) is 3.20. The molecule has 3 aromatic rings. The summed E-state index contributed by atoms with van der Waals surface area (Å²) >= 11 is 1.65. The van der Waals surface area contributed by atoms with Crippen molar-refractivity contribution in [2.45, 2.75) is 26.6 Å². The number of rotatable bonds is 3. The Labute approximate surface area is 126 Å². The van der Waals surface area contributed by atoms with Crippen molar-refractivity contribution in [3.63, 3.8) is 0 Å². The van der Waals surface area contributed by atoms with Gasteiger partial charge in [0.05, 0.1) is 18.8 Å². The van der Waals surface area contributed by atoms with Gasteiger partial charge in [0.2, 0.25) is 5.89 Å². The summed E-state index contributed by atoms with van der Waals surface area (Å²) in [5.41, 5.74) is 2.05. The normalized spacial score (nSPS) is 15.3. The van der Waals surface area contributed by atoms with E-state index in [0.29, 0.717) is 5.89 Å². The summed E-state index contributed by atoms with van der Waals surface area (Å²) in [6.45, 7) is 5.40. The van der Waals surface area contributed by atoms with Gasteiger partial charge < -0.3 is 4.42 Å². The Hall–Kier alpha value is -1.99. The second kappa shape index (κ2) is 5.09. The van der Waals surface area contributed by atoms with Gasteiger partial charge in [0.15, 0.2) is 0 Å². The van der Waals surface area contributed by atoms with Crippen LogP contribution in [0.1, 0.15) is 17.3 Å². The zero-order valence-electron chi connectivity index (χ0n) is 11.7. The van der Waals surface area contributed by atoms with Crippen molar-refractivity contribution < 1.29 is 4.42 Å². The number of aryl methyl sites for hydroxylation is 1. The summed E-state index contributed by atoms with van der Waals surface area (Å²) in [7, 11) is 0. The molecule has 3 aromatic heterocycles. The molecular formula is C14H15N5OS. The lowest BCUT2D eigenvalue weighted by Crippen LogP contribution is -2.34. The minimum atomic E-state index is 0.712. The highest BCUT2D eigenvalue weighted by Gasteiger charge is 2.20. The highest BCUT2D eigenvalue weighted by atomic mass is 32.1. The molecule has 0 atom stereocenters. The second-order valence-corrected chi connectivity index (χ2v) is 5.92. The van der Waals surface area contributed by atoms with Gasteiger partial charge in [-0.3, -0.25) is 4.90 Å². The smallest absolute Gasteiger partial charge is 0.227 e. The van der Waals surface area contributed by atoms with Crippen molar-refractivity contribution in [2.75, 3.05) is 6.54 Å². The maximum atomic E-state index is 5.79. The van der Waals surface area contributed by atoms with E-state index in [0.717, 1.165) is 49.0 Å². The third kappa shape index (κ3) is 2.38. The van der Waals surface area contributed by atoms with E-state index in [-0.39, 0.29) is 0 Å². The largest absolute Gasteiger partial charge is 0.441 e. The molecule has 4 heterocycles. The quantitative estimate of drug-likeness (QED) is 0.743. The molecule has 0 fully saturated rings. The van der Waals surface area contributed by atoms with Crippen LogP contribution in [0.15, 0.2) is 27.6 Å². The molecule has 108 valence electrons. The van der Waals surface area contributed by atoms with E-state index in [1.807, 2.05) is 23.1 Å². The first-order valence-corrected chi connectivity index (χ1v) is 7.82. The predicted octanol–water partition coefficient (Wildman–Crippen LogP) is 2.32. The number of hydrogen-bond acceptors (Lipinski definition) is 6. The molecule has 0 amide bonds. The molecule has 0 unspecified atom stereocenters. The van der Waals surface area contributed by atoms with E-state index < -0.39 is 0 Å². The summed E-state index contributed by atoms with van der Waals surface area (Å²) in [6, 6.07) is 2.03. The van der Waals surface area contributed by atoms with Crippen LogP contribution < -0.4 is 0 Å². The van der Waals surface area contributed by atoms with Crippen molar-refractivity contribution in [1.29, 1.82) is 0 Å². The molecule has 6 nitrogen and oxygen atoms in total. The van der Waals surface area contributed by atoms with Gasteiger partial charge >= 0.3 is 0 Å². The van der Waals surface area contributed by atoms with E-state index in [1.165, 1.54) is 0 Å². The monoisotopic (exact) mass is 301 g/mol. The van der Waals surface area contributed by atoms with Crippen molar-refractivity contribution in [3.05, 3.63) is 40.4 Å². The Balaban J connectivity index is 1.53. The second-order valence-electron chi connectivity index (χ2n) is 5.14. The lowest BCUT2D eigenvalue weighted by molar-refractivity contribution is 0.198. The van der Waals surface area contributed by atoms with Gasteiger partial charge in [-0.2, -0.15) is 16.4 Å². The zero-order valence-corrected chi connectivity index (χ0v) is 12.5. The van der Waals surface area contributed by atoms with Gasteiger partial charge in [0, 0.05) is 24.0 Å². The van der Waals surface area contributed by atoms with Crippen LogP contribution in [0.4, 0.5) is 0 Å². The number of thiophene rings is 1. The Morgan fingerprint density at radius 2 is 2.33 bits per heavy atom. The van der Waals surface area contributed by atoms with E-state index in [9.17, 15) is 0 Å². The molecular weight excluding hydrogens is 286 g/mol. The molecule has 0 aliphatic carbocycles. The van der Waals surface area contributed by atoms with Gasteiger partial charge in [-0.25, -0.2) is 14.6 Å². The predicted molar refractivity (Wildman–Crippen MR) is 78.7 cm³/mol. The highest BCUT2D eigenvalue weighted by molar-refractivity contribution is 7.08. The fourth-order valence-corrected chi connectivity index (χ4v) is 3.17. The standard InChI is InChI=1S/C14H15N5OS/c1-10-12(17-14(20-10)11-2-5-21-8-11)6-18-3-4-19-13(7-18)15-9-16-19/h2,5,8-9H,3-4,6-7H2,1H3. The van der Waals surface area contributed by atoms with Gasteiger partial charge in [-0.1, -0.05) is 0 Å². The summed E-state index contributed by atoms with van der Waals surface area (Å²) < 4.78 is 7.75. The molecule has 7 heteroatoms. The number of nitrogens with zero attached hydrogens (tertiary/aromatic N) is 5. The molecule has 21 heavy (non-hydrogen) atoms. The summed E-state index contributed by atoms with van der Waals surface area (Å²) in [5.74, 6) is 2.62. The topological polar surface area (TPSA) is 60.0 Å². The van der Waals surface area contributed by atoms with Crippen LogP contribution in [0.3, 0.4) is 0 Å². The fourth-order valence-electron chi connectivity index (χ4n) is 2.54. The first-order chi connectivity index (χ1) is 10.3. The number of hydrogen-bond donors (Lipinski definition) is 0. The Morgan fingerprint density at radius 1 is 1.38 bits per heavy atom. The lowest BCUT2D eigenvalue weighted by Gasteiger charge is -2.25. The van der Waals surface area contributed by atoms with Gasteiger partial charge in [0.25, 0.3) is 0 Å². The molecule has 4 rings (SSSR count). The molecule has 0 aromatic carbocycles. The summed E-state index contributed by atoms with van der Waals surface area (Å²) in [4.78, 5) is 11.3.